The van der Waals surface area contributed by atoms with E-state index in [1.54, 1.807) is 12.1 Å². The van der Waals surface area contributed by atoms with Crippen molar-refractivity contribution in [1.29, 1.82) is 0 Å². The first kappa shape index (κ1) is 13.2. The molecule has 0 saturated carbocycles. The highest BCUT2D eigenvalue weighted by atomic mass is 19.4. The Bertz CT molecular complexity index is 828. The number of hydrogen-bond acceptors (Lipinski definition) is 4. The molecule has 0 amide bonds. The molecule has 0 aromatic carbocycles. The van der Waals surface area contributed by atoms with Gasteiger partial charge >= 0.3 is 6.18 Å². The number of hydrogen-bond donors (Lipinski definition) is 1. The van der Waals surface area contributed by atoms with E-state index in [0.717, 1.165) is 6.33 Å². The predicted octanol–water partition coefficient (Wildman–Crippen LogP) is 2.35. The molecule has 3 rings (SSSR count). The van der Waals surface area contributed by atoms with E-state index in [0.29, 0.717) is 11.8 Å². The molecule has 0 atom stereocenters. The second-order valence-corrected chi connectivity index (χ2v) is 4.23. The average molecular weight is 292 g/mol. The first-order valence-electron chi connectivity index (χ1n) is 5.83. The highest BCUT2D eigenvalue weighted by Gasteiger charge is 2.35. The van der Waals surface area contributed by atoms with Gasteiger partial charge in [0, 0.05) is 18.0 Å². The number of H-pyrrole nitrogens is 1. The lowest BCUT2D eigenvalue weighted by molar-refractivity contribution is -0.137. The van der Waals surface area contributed by atoms with E-state index in [9.17, 15) is 18.0 Å². The fourth-order valence-electron chi connectivity index (χ4n) is 1.95. The summed E-state index contributed by atoms with van der Waals surface area (Å²) in [7, 11) is 0. The van der Waals surface area contributed by atoms with Gasteiger partial charge in [-0.1, -0.05) is 6.07 Å². The predicted molar refractivity (Wildman–Crippen MR) is 67.5 cm³/mol. The Kier molecular flexibility index (Phi) is 2.93. The number of fused-ring (bicyclic) bond motifs is 1. The molecule has 106 valence electrons. The van der Waals surface area contributed by atoms with Crippen molar-refractivity contribution in [1.82, 2.24) is 19.9 Å². The molecule has 1 aromatic rings. The average Bonchev–Trinajstić information content (AvgIpc) is 2.79. The van der Waals surface area contributed by atoms with E-state index in [4.69, 9.17) is 0 Å². The molecule has 3 heterocycles. The third-order valence-corrected chi connectivity index (χ3v) is 2.86. The zero-order valence-electron chi connectivity index (χ0n) is 10.3. The highest BCUT2D eigenvalue weighted by molar-refractivity contribution is 5.72. The van der Waals surface area contributed by atoms with Gasteiger partial charge in [0.15, 0.2) is 0 Å². The zero-order chi connectivity index (χ0) is 15.0. The van der Waals surface area contributed by atoms with E-state index in [-0.39, 0.29) is 17.1 Å². The second-order valence-electron chi connectivity index (χ2n) is 4.23. The van der Waals surface area contributed by atoms with E-state index in [1.807, 2.05) is 0 Å². The molecular formula is C13H7F3N4O. The van der Waals surface area contributed by atoms with Gasteiger partial charge in [-0.15, -0.1) is 0 Å². The van der Waals surface area contributed by atoms with Gasteiger partial charge in [-0.05, 0) is 12.1 Å². The number of aromatic nitrogens is 4. The van der Waals surface area contributed by atoms with Crippen molar-refractivity contribution in [3.8, 4) is 22.6 Å². The summed E-state index contributed by atoms with van der Waals surface area (Å²) in [6.07, 6.45) is -1.48. The molecule has 0 radical (unpaired) electrons. The quantitative estimate of drug-likeness (QED) is 0.747. The third-order valence-electron chi connectivity index (χ3n) is 2.86. The molecule has 8 heteroatoms. The van der Waals surface area contributed by atoms with Crippen LogP contribution in [0, 0.1) is 0 Å². The molecule has 0 saturated heterocycles. The summed E-state index contributed by atoms with van der Waals surface area (Å²) in [6.45, 7) is 0. The molecule has 5 nitrogen and oxygen atoms in total. The van der Waals surface area contributed by atoms with Crippen LogP contribution in [0.3, 0.4) is 0 Å². The third kappa shape index (κ3) is 2.35. The van der Waals surface area contributed by atoms with Crippen molar-refractivity contribution in [2.45, 2.75) is 6.18 Å². The number of rotatable bonds is 1. The zero-order valence-corrected chi connectivity index (χ0v) is 10.3. The molecule has 1 N–H and O–H groups in total. The molecular weight excluding hydrogens is 285 g/mol. The van der Waals surface area contributed by atoms with Crippen LogP contribution in [-0.2, 0) is 6.18 Å². The Morgan fingerprint density at radius 1 is 1.19 bits per heavy atom. The van der Waals surface area contributed by atoms with E-state index < -0.39 is 17.3 Å². The van der Waals surface area contributed by atoms with Gasteiger partial charge in [-0.3, -0.25) is 4.79 Å². The monoisotopic (exact) mass is 292 g/mol. The Morgan fingerprint density at radius 3 is 2.76 bits per heavy atom. The molecule has 0 spiro atoms. The smallest absolute Gasteiger partial charge is 0.327 e. The molecule has 2 aliphatic rings. The van der Waals surface area contributed by atoms with Crippen LogP contribution in [0.2, 0.25) is 0 Å². The molecule has 0 fully saturated rings. The van der Waals surface area contributed by atoms with E-state index in [2.05, 4.69) is 19.9 Å². The number of nitrogens with one attached hydrogen (secondary N) is 1. The van der Waals surface area contributed by atoms with Crippen LogP contribution >= 0.6 is 0 Å². The summed E-state index contributed by atoms with van der Waals surface area (Å²) in [5.74, 6) is 0. The molecule has 0 bridgehead atoms. The van der Waals surface area contributed by atoms with Crippen molar-refractivity contribution in [3.63, 3.8) is 0 Å². The molecule has 2 aliphatic heterocycles. The van der Waals surface area contributed by atoms with Gasteiger partial charge in [-0.25, -0.2) is 15.0 Å². The fraction of sp³-hybridized carbons (Fsp3) is 0.0769. The van der Waals surface area contributed by atoms with Crippen LogP contribution in [0.1, 0.15) is 5.56 Å². The summed E-state index contributed by atoms with van der Waals surface area (Å²) in [5, 5.41) is 0. The molecule has 0 unspecified atom stereocenters. The highest BCUT2D eigenvalue weighted by Crippen LogP contribution is 2.36. The standard InChI is InChI=1S/C13H7F3N4O/c14-13(15,16)8-5-17-6-19-11(8)9-4-7-2-1-3-18-12(21)10(7)20-9/h1-6H,(H,18,21). The summed E-state index contributed by atoms with van der Waals surface area (Å²) in [4.78, 5) is 25.2. The minimum absolute atomic E-state index is 0.0172. The fourth-order valence-corrected chi connectivity index (χ4v) is 1.95. The summed E-state index contributed by atoms with van der Waals surface area (Å²) in [6, 6.07) is 4.54. The Morgan fingerprint density at radius 2 is 2.00 bits per heavy atom. The van der Waals surface area contributed by atoms with Crippen molar-refractivity contribution < 1.29 is 13.2 Å². The maximum Gasteiger partial charge on any atom is 0.420 e. The van der Waals surface area contributed by atoms with Crippen molar-refractivity contribution >= 4 is 0 Å². The van der Waals surface area contributed by atoms with Crippen molar-refractivity contribution in [2.75, 3.05) is 0 Å². The number of halogens is 3. The van der Waals surface area contributed by atoms with Crippen LogP contribution < -0.4 is 5.56 Å². The van der Waals surface area contributed by atoms with Crippen molar-refractivity contribution in [2.24, 2.45) is 0 Å². The van der Waals surface area contributed by atoms with E-state index >= 15 is 0 Å². The van der Waals surface area contributed by atoms with Crippen LogP contribution in [-0.4, -0.2) is 19.9 Å². The van der Waals surface area contributed by atoms with Gasteiger partial charge in [0.2, 0.25) is 0 Å². The van der Waals surface area contributed by atoms with E-state index in [1.165, 1.54) is 12.3 Å². The minimum Gasteiger partial charge on any atom is -0.327 e. The van der Waals surface area contributed by atoms with Crippen LogP contribution in [0.5, 0.6) is 0 Å². The second kappa shape index (κ2) is 4.65. The minimum atomic E-state index is -4.60. The Hall–Kier alpha value is -2.77. The maximum absolute atomic E-state index is 13.0. The van der Waals surface area contributed by atoms with Crippen LogP contribution in [0.15, 0.2) is 41.7 Å². The molecule has 0 aliphatic carbocycles. The summed E-state index contributed by atoms with van der Waals surface area (Å²) < 4.78 is 38.9. The summed E-state index contributed by atoms with van der Waals surface area (Å²) >= 11 is 0. The van der Waals surface area contributed by atoms with Gasteiger partial charge in [0.1, 0.15) is 23.3 Å². The first-order chi connectivity index (χ1) is 9.97. The van der Waals surface area contributed by atoms with Crippen LogP contribution in [0.4, 0.5) is 13.2 Å². The van der Waals surface area contributed by atoms with Gasteiger partial charge in [0.25, 0.3) is 5.56 Å². The topological polar surface area (TPSA) is 71.5 Å². The lowest BCUT2D eigenvalue weighted by Crippen LogP contribution is -2.09. The van der Waals surface area contributed by atoms with Gasteiger partial charge < -0.3 is 4.98 Å². The number of aromatic amines is 1. The number of nitrogens with zero attached hydrogens (tertiary/aromatic N) is 3. The van der Waals surface area contributed by atoms with Gasteiger partial charge in [0.05, 0.1) is 5.69 Å². The first-order valence-corrected chi connectivity index (χ1v) is 5.83. The normalized spacial score (nSPS) is 11.8. The van der Waals surface area contributed by atoms with Gasteiger partial charge in [-0.2, -0.15) is 13.2 Å². The van der Waals surface area contributed by atoms with Crippen LogP contribution in [0.25, 0.3) is 22.6 Å². The summed E-state index contributed by atoms with van der Waals surface area (Å²) in [5.41, 5.74) is -1.35. The van der Waals surface area contributed by atoms with Crippen molar-refractivity contribution in [3.05, 3.63) is 52.8 Å². The lowest BCUT2D eigenvalue weighted by atomic mass is 10.1. The SMILES string of the molecule is O=c1[nH]cccc2cc(-c3ncncc3C(F)(F)F)nc1-2. The molecule has 1 aromatic heterocycles. The maximum atomic E-state index is 13.0. The Balaban J connectivity index is 2.26. The largest absolute Gasteiger partial charge is 0.420 e. The number of alkyl halides is 3. The molecule has 21 heavy (non-hydrogen) atoms. The Labute approximate surface area is 115 Å². The lowest BCUT2D eigenvalue weighted by Gasteiger charge is -2.08.